The largest absolute Gasteiger partial charge is 0.370 e. The third-order valence-corrected chi connectivity index (χ3v) is 2.69. The maximum Gasteiger partial charge on any atom is 0.157 e. The summed E-state index contributed by atoms with van der Waals surface area (Å²) in [5.74, 6) is 0.294. The Balaban J connectivity index is 2.06. The second-order valence-corrected chi connectivity index (χ2v) is 3.86. The second kappa shape index (κ2) is 3.36. The van der Waals surface area contributed by atoms with Crippen molar-refractivity contribution >= 4 is 5.78 Å². The first-order valence-electron chi connectivity index (χ1n) is 4.90. The van der Waals surface area contributed by atoms with Crippen LogP contribution in [0.4, 0.5) is 0 Å². The van der Waals surface area contributed by atoms with Gasteiger partial charge in [-0.2, -0.15) is 0 Å². The van der Waals surface area contributed by atoms with E-state index in [0.717, 1.165) is 25.9 Å². The number of carbonyl (C=O) groups is 1. The molecule has 2 aliphatic rings. The zero-order valence-corrected chi connectivity index (χ0v) is 8.05. The minimum Gasteiger partial charge on any atom is -0.370 e. The van der Waals surface area contributed by atoms with Crippen molar-refractivity contribution in [2.45, 2.75) is 26.2 Å². The van der Waals surface area contributed by atoms with Gasteiger partial charge in [0.25, 0.3) is 0 Å². The summed E-state index contributed by atoms with van der Waals surface area (Å²) in [6.45, 7) is 4.25. The van der Waals surface area contributed by atoms with Crippen LogP contribution in [0, 0.1) is 0 Å². The molecule has 0 atom stereocenters. The Morgan fingerprint density at radius 1 is 1.38 bits per heavy atom. The number of hydrogen-bond donors (Lipinski definition) is 0. The van der Waals surface area contributed by atoms with Crippen LogP contribution in [0.1, 0.15) is 26.2 Å². The molecule has 0 aromatic rings. The van der Waals surface area contributed by atoms with Gasteiger partial charge in [0.15, 0.2) is 5.78 Å². The van der Waals surface area contributed by atoms with Gasteiger partial charge in [0.1, 0.15) is 0 Å². The van der Waals surface area contributed by atoms with E-state index < -0.39 is 0 Å². The van der Waals surface area contributed by atoms with Gasteiger partial charge in [-0.1, -0.05) is 11.6 Å². The Kier molecular flexibility index (Phi) is 2.21. The van der Waals surface area contributed by atoms with Crippen molar-refractivity contribution in [3.05, 3.63) is 23.4 Å². The average Bonchev–Trinajstić information content (AvgIpc) is 2.52. The molecule has 0 amide bonds. The van der Waals surface area contributed by atoms with E-state index in [-0.39, 0.29) is 0 Å². The third kappa shape index (κ3) is 1.82. The lowest BCUT2D eigenvalue weighted by atomic mass is 10.1. The van der Waals surface area contributed by atoms with Crippen LogP contribution >= 0.6 is 0 Å². The summed E-state index contributed by atoms with van der Waals surface area (Å²) in [6.07, 6.45) is 6.89. The lowest BCUT2D eigenvalue weighted by molar-refractivity contribution is -0.114. The number of carbonyl (C=O) groups excluding carboxylic acids is 1. The van der Waals surface area contributed by atoms with E-state index in [1.807, 2.05) is 6.08 Å². The standard InChI is InChI=1S/C11H15NO/c1-9-3-2-6-12(8-9)10-4-5-11(13)7-10/h3,7H,2,4-6,8H2,1H3. The summed E-state index contributed by atoms with van der Waals surface area (Å²) in [5, 5.41) is 0. The molecule has 1 aliphatic heterocycles. The van der Waals surface area contributed by atoms with E-state index in [2.05, 4.69) is 17.9 Å². The molecular formula is C11H15NO. The Hall–Kier alpha value is -1.05. The van der Waals surface area contributed by atoms with Crippen LogP contribution in [0.3, 0.4) is 0 Å². The Bertz CT molecular complexity index is 288. The molecule has 0 aromatic heterocycles. The quantitative estimate of drug-likeness (QED) is 0.570. The van der Waals surface area contributed by atoms with Gasteiger partial charge in [-0.15, -0.1) is 0 Å². The van der Waals surface area contributed by atoms with Crippen molar-refractivity contribution in [1.82, 2.24) is 4.90 Å². The Morgan fingerprint density at radius 3 is 2.85 bits per heavy atom. The predicted molar refractivity (Wildman–Crippen MR) is 52.3 cm³/mol. The van der Waals surface area contributed by atoms with Crippen LogP contribution in [-0.2, 0) is 4.79 Å². The molecule has 0 bridgehead atoms. The van der Waals surface area contributed by atoms with E-state index in [1.165, 1.54) is 11.3 Å². The fourth-order valence-electron chi connectivity index (χ4n) is 1.99. The summed E-state index contributed by atoms with van der Waals surface area (Å²) in [7, 11) is 0. The molecule has 13 heavy (non-hydrogen) atoms. The van der Waals surface area contributed by atoms with E-state index >= 15 is 0 Å². The highest BCUT2D eigenvalue weighted by Gasteiger charge is 2.19. The number of rotatable bonds is 1. The first-order valence-corrected chi connectivity index (χ1v) is 4.90. The second-order valence-electron chi connectivity index (χ2n) is 3.86. The molecule has 2 heteroatoms. The van der Waals surface area contributed by atoms with E-state index in [1.54, 1.807) is 0 Å². The van der Waals surface area contributed by atoms with Gasteiger partial charge in [0.2, 0.25) is 0 Å². The van der Waals surface area contributed by atoms with Crippen LogP contribution in [0.5, 0.6) is 0 Å². The zero-order chi connectivity index (χ0) is 9.26. The maximum absolute atomic E-state index is 11.1. The van der Waals surface area contributed by atoms with Crippen molar-refractivity contribution in [3.63, 3.8) is 0 Å². The maximum atomic E-state index is 11.1. The first kappa shape index (κ1) is 8.54. The summed E-state index contributed by atoms with van der Waals surface area (Å²) < 4.78 is 0. The number of hydrogen-bond acceptors (Lipinski definition) is 2. The first-order chi connectivity index (χ1) is 6.25. The van der Waals surface area contributed by atoms with Crippen molar-refractivity contribution < 1.29 is 4.79 Å². The highest BCUT2D eigenvalue weighted by atomic mass is 16.1. The van der Waals surface area contributed by atoms with Crippen LogP contribution in [0.25, 0.3) is 0 Å². The van der Waals surface area contributed by atoms with Crippen molar-refractivity contribution in [2.24, 2.45) is 0 Å². The topological polar surface area (TPSA) is 20.3 Å². The fourth-order valence-corrected chi connectivity index (χ4v) is 1.99. The number of nitrogens with zero attached hydrogens (tertiary/aromatic N) is 1. The molecular weight excluding hydrogens is 162 g/mol. The third-order valence-electron chi connectivity index (χ3n) is 2.69. The SMILES string of the molecule is CC1=CCCN(C2=CC(=O)CC2)C1. The van der Waals surface area contributed by atoms with Gasteiger partial charge in [0, 0.05) is 31.3 Å². The number of allylic oxidation sites excluding steroid dienone is 2. The lowest BCUT2D eigenvalue weighted by Gasteiger charge is -2.29. The van der Waals surface area contributed by atoms with Crippen molar-refractivity contribution in [3.8, 4) is 0 Å². The lowest BCUT2D eigenvalue weighted by Crippen LogP contribution is -2.28. The average molecular weight is 177 g/mol. The van der Waals surface area contributed by atoms with Crippen LogP contribution < -0.4 is 0 Å². The molecule has 0 unspecified atom stereocenters. The Labute approximate surface area is 78.9 Å². The van der Waals surface area contributed by atoms with Crippen LogP contribution in [-0.4, -0.2) is 23.8 Å². The summed E-state index contributed by atoms with van der Waals surface area (Å²) in [4.78, 5) is 13.4. The van der Waals surface area contributed by atoms with Gasteiger partial charge in [0.05, 0.1) is 0 Å². The van der Waals surface area contributed by atoms with Gasteiger partial charge in [-0.25, -0.2) is 0 Å². The molecule has 1 heterocycles. The van der Waals surface area contributed by atoms with Crippen molar-refractivity contribution in [1.29, 1.82) is 0 Å². The molecule has 2 rings (SSSR count). The summed E-state index contributed by atoms with van der Waals surface area (Å²) in [6, 6.07) is 0. The monoisotopic (exact) mass is 177 g/mol. The fraction of sp³-hybridized carbons (Fsp3) is 0.545. The molecule has 70 valence electrons. The highest BCUT2D eigenvalue weighted by Crippen LogP contribution is 2.22. The summed E-state index contributed by atoms with van der Waals surface area (Å²) in [5.41, 5.74) is 2.67. The molecule has 0 aromatic carbocycles. The molecule has 0 fully saturated rings. The van der Waals surface area contributed by atoms with Crippen molar-refractivity contribution in [2.75, 3.05) is 13.1 Å². The highest BCUT2D eigenvalue weighted by molar-refractivity contribution is 5.92. The molecule has 0 saturated heterocycles. The molecule has 1 aliphatic carbocycles. The van der Waals surface area contributed by atoms with Crippen LogP contribution in [0.2, 0.25) is 0 Å². The molecule has 0 radical (unpaired) electrons. The molecule has 0 N–H and O–H groups in total. The van der Waals surface area contributed by atoms with E-state index in [4.69, 9.17) is 0 Å². The molecule has 0 spiro atoms. The van der Waals surface area contributed by atoms with Gasteiger partial charge in [-0.3, -0.25) is 4.79 Å². The zero-order valence-electron chi connectivity index (χ0n) is 8.05. The van der Waals surface area contributed by atoms with Gasteiger partial charge in [-0.05, 0) is 19.8 Å². The normalized spacial score (nSPS) is 23.2. The predicted octanol–water partition coefficient (Wildman–Crippen LogP) is 1.89. The minimum absolute atomic E-state index is 0.294. The van der Waals surface area contributed by atoms with Gasteiger partial charge < -0.3 is 4.90 Å². The minimum atomic E-state index is 0.294. The molecule has 2 nitrogen and oxygen atoms in total. The Morgan fingerprint density at radius 2 is 2.23 bits per heavy atom. The van der Waals surface area contributed by atoms with Crippen LogP contribution in [0.15, 0.2) is 23.4 Å². The van der Waals surface area contributed by atoms with E-state index in [0.29, 0.717) is 12.2 Å². The smallest absolute Gasteiger partial charge is 0.157 e. The number of ketones is 1. The van der Waals surface area contributed by atoms with Gasteiger partial charge >= 0.3 is 0 Å². The molecule has 0 saturated carbocycles. The summed E-state index contributed by atoms with van der Waals surface area (Å²) >= 11 is 0. The van der Waals surface area contributed by atoms with E-state index in [9.17, 15) is 4.79 Å².